The molecule has 98 valence electrons. The molecule has 0 aliphatic carbocycles. The largest absolute Gasteiger partial charge is 0.375 e. The average molecular weight is 301 g/mol. The van der Waals surface area contributed by atoms with Crippen molar-refractivity contribution < 1.29 is 4.52 Å². The molecular weight excluding hydrogens is 294 g/mol. The molecule has 0 radical (unpaired) electrons. The molecule has 0 fully saturated rings. The van der Waals surface area contributed by atoms with Crippen LogP contribution < -0.4 is 5.73 Å². The van der Waals surface area contributed by atoms with Gasteiger partial charge in [0.15, 0.2) is 5.13 Å². The molecular formula is C12H7N5OS2. The van der Waals surface area contributed by atoms with E-state index in [1.54, 1.807) is 11.7 Å². The Balaban J connectivity index is 1.78. The quantitative estimate of drug-likeness (QED) is 0.612. The molecule has 0 aliphatic rings. The van der Waals surface area contributed by atoms with Gasteiger partial charge in [0.25, 0.3) is 5.89 Å². The van der Waals surface area contributed by atoms with Crippen LogP contribution in [0.25, 0.3) is 32.4 Å². The van der Waals surface area contributed by atoms with Crippen LogP contribution in [0.3, 0.4) is 0 Å². The normalized spacial score (nSPS) is 11.2. The van der Waals surface area contributed by atoms with Crippen molar-refractivity contribution >= 4 is 38.0 Å². The SMILES string of the molecule is Nc1nc2ccc(-c3nc(-c4cncs4)no3)cc2s1. The number of fused-ring (bicyclic) bond motifs is 1. The smallest absolute Gasteiger partial charge is 0.258 e. The fraction of sp³-hybridized carbons (Fsp3) is 0. The predicted octanol–water partition coefficient (Wildman–Crippen LogP) is 3.05. The van der Waals surface area contributed by atoms with Crippen LogP contribution in [-0.4, -0.2) is 20.1 Å². The molecule has 4 aromatic rings. The first-order chi connectivity index (χ1) is 9.79. The highest BCUT2D eigenvalue weighted by Gasteiger charge is 2.13. The van der Waals surface area contributed by atoms with Crippen LogP contribution in [0.4, 0.5) is 5.13 Å². The highest BCUT2D eigenvalue weighted by atomic mass is 32.1. The first-order valence-electron chi connectivity index (χ1n) is 5.68. The van der Waals surface area contributed by atoms with Crippen molar-refractivity contribution in [1.82, 2.24) is 20.1 Å². The van der Waals surface area contributed by atoms with E-state index in [0.717, 1.165) is 20.7 Å². The second-order valence-corrected chi connectivity index (χ2v) is 5.97. The van der Waals surface area contributed by atoms with Gasteiger partial charge in [-0.05, 0) is 18.2 Å². The maximum atomic E-state index is 5.70. The zero-order valence-corrected chi connectivity index (χ0v) is 11.6. The Morgan fingerprint density at radius 3 is 3.00 bits per heavy atom. The summed E-state index contributed by atoms with van der Waals surface area (Å²) in [5.74, 6) is 1.02. The lowest BCUT2D eigenvalue weighted by molar-refractivity contribution is 0.432. The van der Waals surface area contributed by atoms with E-state index in [4.69, 9.17) is 10.3 Å². The monoisotopic (exact) mass is 301 g/mol. The van der Waals surface area contributed by atoms with Crippen LogP contribution in [0.1, 0.15) is 0 Å². The molecule has 1 aromatic carbocycles. The number of benzene rings is 1. The van der Waals surface area contributed by atoms with E-state index in [0.29, 0.717) is 16.8 Å². The Labute approximate surface area is 120 Å². The van der Waals surface area contributed by atoms with Crippen molar-refractivity contribution in [3.8, 4) is 22.2 Å². The molecule has 0 bridgehead atoms. The van der Waals surface area contributed by atoms with E-state index in [1.807, 2.05) is 18.2 Å². The molecule has 3 heterocycles. The van der Waals surface area contributed by atoms with Crippen molar-refractivity contribution in [2.24, 2.45) is 0 Å². The Kier molecular flexibility index (Phi) is 2.51. The predicted molar refractivity (Wildman–Crippen MR) is 78.4 cm³/mol. The fourth-order valence-electron chi connectivity index (χ4n) is 1.84. The van der Waals surface area contributed by atoms with Crippen molar-refractivity contribution in [1.29, 1.82) is 0 Å². The van der Waals surface area contributed by atoms with Crippen LogP contribution in [0.2, 0.25) is 0 Å². The molecule has 0 aliphatic heterocycles. The van der Waals surface area contributed by atoms with E-state index in [2.05, 4.69) is 20.1 Å². The molecule has 0 saturated carbocycles. The van der Waals surface area contributed by atoms with Crippen molar-refractivity contribution in [3.05, 3.63) is 29.9 Å². The van der Waals surface area contributed by atoms with E-state index < -0.39 is 0 Å². The molecule has 3 aromatic heterocycles. The minimum absolute atomic E-state index is 0.474. The van der Waals surface area contributed by atoms with Crippen LogP contribution in [0, 0.1) is 0 Å². The topological polar surface area (TPSA) is 90.7 Å². The maximum absolute atomic E-state index is 5.70. The summed E-state index contributed by atoms with van der Waals surface area (Å²) in [7, 11) is 0. The van der Waals surface area contributed by atoms with Crippen LogP contribution in [0.5, 0.6) is 0 Å². The van der Waals surface area contributed by atoms with Crippen LogP contribution in [-0.2, 0) is 0 Å². The minimum atomic E-state index is 0.474. The number of nitrogens with two attached hydrogens (primary N) is 1. The zero-order chi connectivity index (χ0) is 13.5. The second-order valence-electron chi connectivity index (χ2n) is 4.02. The number of aromatic nitrogens is 4. The van der Waals surface area contributed by atoms with Crippen molar-refractivity contribution in [2.45, 2.75) is 0 Å². The summed E-state index contributed by atoms with van der Waals surface area (Å²) in [5.41, 5.74) is 9.16. The zero-order valence-electron chi connectivity index (χ0n) is 9.98. The third-order valence-electron chi connectivity index (χ3n) is 2.73. The molecule has 20 heavy (non-hydrogen) atoms. The van der Waals surface area contributed by atoms with E-state index in [-0.39, 0.29) is 0 Å². The van der Waals surface area contributed by atoms with Gasteiger partial charge in [0, 0.05) is 11.8 Å². The molecule has 0 amide bonds. The molecule has 8 heteroatoms. The Bertz CT molecular complexity index is 880. The molecule has 0 spiro atoms. The molecule has 2 N–H and O–H groups in total. The summed E-state index contributed by atoms with van der Waals surface area (Å²) < 4.78 is 6.30. The number of rotatable bonds is 2. The highest BCUT2D eigenvalue weighted by Crippen LogP contribution is 2.29. The molecule has 0 saturated heterocycles. The van der Waals surface area contributed by atoms with E-state index in [1.165, 1.54) is 22.7 Å². The van der Waals surface area contributed by atoms with Gasteiger partial charge >= 0.3 is 0 Å². The number of nitrogens with zero attached hydrogens (tertiary/aromatic N) is 4. The van der Waals surface area contributed by atoms with Gasteiger partial charge in [-0.1, -0.05) is 16.5 Å². The number of anilines is 1. The van der Waals surface area contributed by atoms with Gasteiger partial charge in [0.1, 0.15) is 0 Å². The average Bonchev–Trinajstić information content (AvgIpc) is 3.17. The van der Waals surface area contributed by atoms with Gasteiger partial charge in [0.2, 0.25) is 5.82 Å². The Morgan fingerprint density at radius 1 is 1.20 bits per heavy atom. The lowest BCUT2D eigenvalue weighted by Gasteiger charge is -1.93. The third kappa shape index (κ3) is 1.86. The summed E-state index contributed by atoms with van der Waals surface area (Å²) in [6, 6.07) is 5.74. The molecule has 4 rings (SSSR count). The summed E-state index contributed by atoms with van der Waals surface area (Å²) in [4.78, 5) is 13.5. The van der Waals surface area contributed by atoms with Crippen LogP contribution in [0.15, 0.2) is 34.4 Å². The minimum Gasteiger partial charge on any atom is -0.375 e. The lowest BCUT2D eigenvalue weighted by Crippen LogP contribution is -1.80. The Hall–Kier alpha value is -2.32. The third-order valence-corrected chi connectivity index (χ3v) is 4.35. The van der Waals surface area contributed by atoms with Crippen molar-refractivity contribution in [3.63, 3.8) is 0 Å². The second kappa shape index (κ2) is 4.36. The van der Waals surface area contributed by atoms with Crippen LogP contribution >= 0.6 is 22.7 Å². The summed E-state index contributed by atoms with van der Waals surface area (Å²) in [6.45, 7) is 0. The van der Waals surface area contributed by atoms with E-state index >= 15 is 0 Å². The number of nitrogen functional groups attached to an aromatic ring is 1. The molecule has 6 nitrogen and oxygen atoms in total. The van der Waals surface area contributed by atoms with Gasteiger partial charge in [0.05, 0.1) is 20.6 Å². The number of thiazole rings is 2. The van der Waals surface area contributed by atoms with Gasteiger partial charge in [-0.2, -0.15) is 4.98 Å². The summed E-state index contributed by atoms with van der Waals surface area (Å²) >= 11 is 2.90. The first kappa shape index (κ1) is 11.5. The standard InChI is InChI=1S/C12H7N5OS2/c13-12-15-7-2-1-6(3-8(7)20-12)11-16-10(17-18-11)9-4-14-5-19-9/h1-5H,(H2,13,15). The summed E-state index contributed by atoms with van der Waals surface area (Å²) in [6.07, 6.45) is 1.71. The number of hydrogen-bond donors (Lipinski definition) is 1. The maximum Gasteiger partial charge on any atom is 0.258 e. The van der Waals surface area contributed by atoms with Gasteiger partial charge < -0.3 is 10.3 Å². The Morgan fingerprint density at radius 2 is 2.15 bits per heavy atom. The highest BCUT2D eigenvalue weighted by molar-refractivity contribution is 7.22. The van der Waals surface area contributed by atoms with Gasteiger partial charge in [-0.3, -0.25) is 4.98 Å². The molecule has 0 atom stereocenters. The van der Waals surface area contributed by atoms with Crippen molar-refractivity contribution in [2.75, 3.05) is 5.73 Å². The van der Waals surface area contributed by atoms with Gasteiger partial charge in [-0.15, -0.1) is 11.3 Å². The summed E-state index contributed by atoms with van der Waals surface area (Å²) in [5, 5.41) is 4.52. The number of hydrogen-bond acceptors (Lipinski definition) is 8. The first-order valence-corrected chi connectivity index (χ1v) is 7.38. The molecule has 0 unspecified atom stereocenters. The lowest BCUT2D eigenvalue weighted by atomic mass is 10.2. The van der Waals surface area contributed by atoms with E-state index in [9.17, 15) is 0 Å². The van der Waals surface area contributed by atoms with Gasteiger partial charge in [-0.25, -0.2) is 4.98 Å². The fourth-order valence-corrected chi connectivity index (χ4v) is 3.16.